The molecule has 0 bridgehead atoms. The number of nitrogens with zero attached hydrogens (tertiary/aromatic N) is 1. The molecule has 1 unspecified atom stereocenters. The minimum atomic E-state index is -0.849. The van der Waals surface area contributed by atoms with E-state index in [-0.39, 0.29) is 11.6 Å². The molecule has 1 aliphatic heterocycles. The van der Waals surface area contributed by atoms with E-state index in [4.69, 9.17) is 17.3 Å². The average Bonchev–Trinajstić information content (AvgIpc) is 2.38. The van der Waals surface area contributed by atoms with Crippen LogP contribution in [-0.4, -0.2) is 13.0 Å². The third kappa shape index (κ3) is 1.04. The van der Waals surface area contributed by atoms with Gasteiger partial charge in [0.25, 0.3) is 0 Å². The van der Waals surface area contributed by atoms with Gasteiger partial charge in [0.05, 0.1) is 5.69 Å². The molecule has 2 N–H and O–H groups in total. The highest BCUT2D eigenvalue weighted by Crippen LogP contribution is 2.39. The van der Waals surface area contributed by atoms with Gasteiger partial charge in [0, 0.05) is 17.6 Å². The van der Waals surface area contributed by atoms with Crippen LogP contribution in [-0.2, 0) is 4.79 Å². The number of rotatable bonds is 0. The molecule has 0 aliphatic carbocycles. The van der Waals surface area contributed by atoms with Crippen LogP contribution in [0.3, 0.4) is 0 Å². The van der Waals surface area contributed by atoms with E-state index in [1.165, 1.54) is 24.1 Å². The molecular formula is C9H8ClFN2O. The molecule has 0 saturated carbocycles. The molecule has 1 aromatic rings. The van der Waals surface area contributed by atoms with Crippen LogP contribution in [0.25, 0.3) is 0 Å². The van der Waals surface area contributed by atoms with Gasteiger partial charge in [-0.3, -0.25) is 4.79 Å². The normalized spacial score (nSPS) is 20.1. The maximum absolute atomic E-state index is 13.4. The monoisotopic (exact) mass is 214 g/mol. The fourth-order valence-electron chi connectivity index (χ4n) is 1.64. The number of hydrogen-bond donors (Lipinski definition) is 1. The van der Waals surface area contributed by atoms with Crippen LogP contribution in [0.5, 0.6) is 0 Å². The summed E-state index contributed by atoms with van der Waals surface area (Å²) < 4.78 is 13.4. The molecule has 0 spiro atoms. The largest absolute Gasteiger partial charge is 0.316 e. The molecule has 1 aliphatic rings. The second kappa shape index (κ2) is 2.93. The molecule has 1 aromatic carbocycles. The number of halogens is 2. The fraction of sp³-hybridized carbons (Fsp3) is 0.222. The number of fused-ring (bicyclic) bond motifs is 1. The number of benzene rings is 1. The summed E-state index contributed by atoms with van der Waals surface area (Å²) in [5, 5.41) is 0.326. The highest BCUT2D eigenvalue weighted by Gasteiger charge is 2.36. The van der Waals surface area contributed by atoms with Crippen LogP contribution in [0.15, 0.2) is 12.1 Å². The third-order valence-corrected chi connectivity index (χ3v) is 2.69. The molecule has 0 aromatic heterocycles. The summed E-state index contributed by atoms with van der Waals surface area (Å²) in [6.07, 6.45) is 0. The minimum absolute atomic E-state index is 0.190. The van der Waals surface area contributed by atoms with E-state index >= 15 is 0 Å². The number of anilines is 1. The summed E-state index contributed by atoms with van der Waals surface area (Å²) in [7, 11) is 1.48. The van der Waals surface area contributed by atoms with Gasteiger partial charge in [0.1, 0.15) is 11.9 Å². The van der Waals surface area contributed by atoms with Crippen LogP contribution in [0.1, 0.15) is 11.6 Å². The van der Waals surface area contributed by atoms with Crippen molar-refractivity contribution in [2.24, 2.45) is 5.73 Å². The van der Waals surface area contributed by atoms with E-state index < -0.39 is 11.9 Å². The van der Waals surface area contributed by atoms with Crippen LogP contribution < -0.4 is 10.6 Å². The first-order chi connectivity index (χ1) is 6.54. The molecule has 3 nitrogen and oxygen atoms in total. The molecule has 5 heteroatoms. The molecule has 1 atom stereocenters. The molecule has 0 fully saturated rings. The quantitative estimate of drug-likeness (QED) is 0.711. The molecule has 1 heterocycles. The second-order valence-corrected chi connectivity index (χ2v) is 3.57. The van der Waals surface area contributed by atoms with Crippen LogP contribution in [0, 0.1) is 5.82 Å². The number of carbonyl (C=O) groups is 1. The molecule has 2 rings (SSSR count). The number of carbonyl (C=O) groups excluding carboxylic acids is 1. The van der Waals surface area contributed by atoms with E-state index in [1.807, 2.05) is 0 Å². The van der Waals surface area contributed by atoms with Gasteiger partial charge < -0.3 is 10.6 Å². The Hall–Kier alpha value is -1.13. The number of likely N-dealkylation sites (N-methyl/N-ethyl adjacent to an activating group) is 1. The van der Waals surface area contributed by atoms with Crippen molar-refractivity contribution >= 4 is 23.2 Å². The number of hydrogen-bond acceptors (Lipinski definition) is 2. The van der Waals surface area contributed by atoms with E-state index in [0.717, 1.165) is 0 Å². The van der Waals surface area contributed by atoms with Crippen LogP contribution in [0.2, 0.25) is 5.02 Å². The zero-order valence-electron chi connectivity index (χ0n) is 7.42. The lowest BCUT2D eigenvalue weighted by atomic mass is 10.1. The predicted octanol–water partition coefficient (Wildman–Crippen LogP) is 1.46. The first-order valence-electron chi connectivity index (χ1n) is 4.05. The summed E-state index contributed by atoms with van der Waals surface area (Å²) in [5.41, 5.74) is 6.17. The summed E-state index contributed by atoms with van der Waals surface area (Å²) in [6.45, 7) is 0. The maximum atomic E-state index is 13.4. The fourth-order valence-corrected chi connectivity index (χ4v) is 1.91. The van der Waals surface area contributed by atoms with Crippen molar-refractivity contribution in [2.45, 2.75) is 6.04 Å². The van der Waals surface area contributed by atoms with Gasteiger partial charge >= 0.3 is 0 Å². The van der Waals surface area contributed by atoms with Crippen molar-refractivity contribution in [2.75, 3.05) is 11.9 Å². The van der Waals surface area contributed by atoms with Crippen molar-refractivity contribution in [1.82, 2.24) is 0 Å². The Morgan fingerprint density at radius 3 is 2.79 bits per heavy atom. The van der Waals surface area contributed by atoms with Crippen LogP contribution in [0.4, 0.5) is 10.1 Å². The maximum Gasteiger partial charge on any atom is 0.248 e. The van der Waals surface area contributed by atoms with E-state index in [9.17, 15) is 9.18 Å². The summed E-state index contributed by atoms with van der Waals surface area (Å²) in [5.74, 6) is -0.819. The SMILES string of the molecule is CN1C(=O)C(N)c2c(Cl)ccc(F)c21. The Kier molecular flexibility index (Phi) is 1.97. The minimum Gasteiger partial charge on any atom is -0.316 e. The van der Waals surface area contributed by atoms with Crippen molar-refractivity contribution in [3.05, 3.63) is 28.5 Å². The topological polar surface area (TPSA) is 46.3 Å². The first-order valence-corrected chi connectivity index (χ1v) is 4.43. The second-order valence-electron chi connectivity index (χ2n) is 3.17. The van der Waals surface area contributed by atoms with Crippen molar-refractivity contribution in [3.8, 4) is 0 Å². The molecular weight excluding hydrogens is 207 g/mol. The highest BCUT2D eigenvalue weighted by molar-refractivity contribution is 6.32. The van der Waals surface area contributed by atoms with Crippen molar-refractivity contribution in [3.63, 3.8) is 0 Å². The Morgan fingerprint density at radius 2 is 2.21 bits per heavy atom. The van der Waals surface area contributed by atoms with Gasteiger partial charge in [-0.1, -0.05) is 11.6 Å². The van der Waals surface area contributed by atoms with Gasteiger partial charge in [0.2, 0.25) is 5.91 Å². The van der Waals surface area contributed by atoms with E-state index in [0.29, 0.717) is 10.6 Å². The van der Waals surface area contributed by atoms with E-state index in [2.05, 4.69) is 0 Å². The Labute approximate surface area is 85.3 Å². The van der Waals surface area contributed by atoms with Gasteiger partial charge in [0.15, 0.2) is 0 Å². The smallest absolute Gasteiger partial charge is 0.248 e. The lowest BCUT2D eigenvalue weighted by Gasteiger charge is -2.10. The summed E-state index contributed by atoms with van der Waals surface area (Å²) in [6, 6.07) is 1.78. The Bertz CT molecular complexity index is 385. The van der Waals surface area contributed by atoms with Gasteiger partial charge in [-0.15, -0.1) is 0 Å². The summed E-state index contributed by atoms with van der Waals surface area (Å²) in [4.78, 5) is 12.6. The Morgan fingerprint density at radius 1 is 1.57 bits per heavy atom. The van der Waals surface area contributed by atoms with Gasteiger partial charge in [-0.05, 0) is 12.1 Å². The molecule has 0 saturated heterocycles. The van der Waals surface area contributed by atoms with Gasteiger partial charge in [-0.2, -0.15) is 0 Å². The molecule has 0 radical (unpaired) electrons. The van der Waals surface area contributed by atoms with Crippen molar-refractivity contribution < 1.29 is 9.18 Å². The Balaban J connectivity index is 2.74. The number of nitrogens with two attached hydrogens (primary N) is 1. The van der Waals surface area contributed by atoms with E-state index in [1.54, 1.807) is 0 Å². The predicted molar refractivity (Wildman–Crippen MR) is 51.7 cm³/mol. The summed E-state index contributed by atoms with van der Waals surface area (Å²) >= 11 is 5.84. The van der Waals surface area contributed by atoms with Gasteiger partial charge in [-0.25, -0.2) is 4.39 Å². The zero-order valence-corrected chi connectivity index (χ0v) is 8.18. The lowest BCUT2D eigenvalue weighted by Crippen LogP contribution is -2.28. The molecule has 14 heavy (non-hydrogen) atoms. The standard InChI is InChI=1S/C9H8ClFN2O/c1-13-8-5(11)3-2-4(10)6(8)7(12)9(13)14/h2-3,7H,12H2,1H3. The first kappa shape index (κ1) is 9.43. The lowest BCUT2D eigenvalue weighted by molar-refractivity contribution is -0.118. The molecule has 74 valence electrons. The third-order valence-electron chi connectivity index (χ3n) is 2.36. The zero-order chi connectivity index (χ0) is 10.5. The van der Waals surface area contributed by atoms with Crippen LogP contribution >= 0.6 is 11.6 Å². The number of amides is 1. The van der Waals surface area contributed by atoms with Crippen molar-refractivity contribution in [1.29, 1.82) is 0 Å². The molecule has 1 amide bonds. The average molecular weight is 215 g/mol. The highest BCUT2D eigenvalue weighted by atomic mass is 35.5.